The van der Waals surface area contributed by atoms with Gasteiger partial charge in [0.05, 0.1) is 12.8 Å². The summed E-state index contributed by atoms with van der Waals surface area (Å²) in [6.07, 6.45) is 10.8. The van der Waals surface area contributed by atoms with E-state index < -0.39 is 0 Å². The molecule has 0 aliphatic rings. The summed E-state index contributed by atoms with van der Waals surface area (Å²) >= 11 is 2.02. The van der Waals surface area contributed by atoms with Gasteiger partial charge in [-0.15, -0.1) is 0 Å². The number of thioether (sulfide) groups is 1. The van der Waals surface area contributed by atoms with Gasteiger partial charge in [-0.05, 0) is 25.0 Å². The molecular weight excluding hydrogens is 278 g/mol. The molecule has 3 heteroatoms. The number of hydrogen-bond acceptors (Lipinski definition) is 3. The number of unbranched alkanes of at least 4 members (excludes halogenated alkanes) is 4. The van der Waals surface area contributed by atoms with Crippen molar-refractivity contribution in [3.05, 3.63) is 0 Å². The molecule has 0 N–H and O–H groups in total. The Bertz CT molecular complexity index is 194. The highest BCUT2D eigenvalue weighted by Crippen LogP contribution is 2.14. The van der Waals surface area contributed by atoms with E-state index in [1.165, 1.54) is 70.2 Å². The van der Waals surface area contributed by atoms with E-state index in [-0.39, 0.29) is 0 Å². The van der Waals surface area contributed by atoms with Gasteiger partial charge in [0.1, 0.15) is 0 Å². The van der Waals surface area contributed by atoms with Crippen LogP contribution in [0.25, 0.3) is 0 Å². The second-order valence-corrected chi connectivity index (χ2v) is 7.22. The average molecular weight is 318 g/mol. The zero-order valence-electron chi connectivity index (χ0n) is 15.0. The molecule has 0 bridgehead atoms. The number of rotatable bonds is 16. The van der Waals surface area contributed by atoms with Crippen LogP contribution in [0.2, 0.25) is 0 Å². The molecule has 0 aromatic rings. The summed E-state index contributed by atoms with van der Waals surface area (Å²) in [5, 5.41) is 0. The molecule has 0 aliphatic carbocycles. The number of hydrogen-bond donors (Lipinski definition) is 0. The largest absolute Gasteiger partial charge is 0.362 e. The second-order valence-electron chi connectivity index (χ2n) is 5.90. The minimum Gasteiger partial charge on any atom is -0.362 e. The predicted octanol–water partition coefficient (Wildman–Crippen LogP) is 5.56. The predicted molar refractivity (Wildman–Crippen MR) is 98.3 cm³/mol. The van der Waals surface area contributed by atoms with Crippen LogP contribution in [0, 0.1) is 0 Å². The lowest BCUT2D eigenvalue weighted by Gasteiger charge is -2.25. The lowest BCUT2D eigenvalue weighted by Crippen LogP contribution is -2.32. The summed E-state index contributed by atoms with van der Waals surface area (Å²) in [6.45, 7) is 12.3. The van der Waals surface area contributed by atoms with Gasteiger partial charge in [0.15, 0.2) is 0 Å². The van der Waals surface area contributed by atoms with Crippen molar-refractivity contribution in [3.8, 4) is 0 Å². The molecule has 2 nitrogen and oxygen atoms in total. The van der Waals surface area contributed by atoms with Gasteiger partial charge in [-0.2, -0.15) is 11.8 Å². The van der Waals surface area contributed by atoms with Crippen molar-refractivity contribution >= 4 is 11.8 Å². The van der Waals surface area contributed by atoms with Crippen LogP contribution >= 0.6 is 11.8 Å². The fourth-order valence-electron chi connectivity index (χ4n) is 2.30. The van der Waals surface area contributed by atoms with Crippen molar-refractivity contribution in [3.63, 3.8) is 0 Å². The summed E-state index contributed by atoms with van der Waals surface area (Å²) in [5.74, 6) is 2.36. The molecule has 0 spiro atoms. The molecule has 128 valence electrons. The highest BCUT2D eigenvalue weighted by Gasteiger charge is 2.11. The van der Waals surface area contributed by atoms with E-state index in [0.29, 0.717) is 6.10 Å². The maximum atomic E-state index is 6.25. The van der Waals surface area contributed by atoms with Gasteiger partial charge in [0.2, 0.25) is 0 Å². The van der Waals surface area contributed by atoms with Gasteiger partial charge >= 0.3 is 0 Å². The third-order valence-electron chi connectivity index (χ3n) is 3.79. The van der Waals surface area contributed by atoms with Crippen LogP contribution < -0.4 is 0 Å². The molecule has 0 fully saturated rings. The molecule has 21 heavy (non-hydrogen) atoms. The second kappa shape index (κ2) is 16.6. The Morgan fingerprint density at radius 1 is 0.857 bits per heavy atom. The standard InChI is InChI=1S/C18H39NOS/c1-5-9-12-13-18(16-21-8-4)20-17-19(14-10-6-2)15-11-7-3/h18H,5-17H2,1-4H3. The molecule has 1 unspecified atom stereocenters. The molecule has 0 saturated carbocycles. The van der Waals surface area contributed by atoms with Crippen LogP contribution in [0.15, 0.2) is 0 Å². The normalized spacial score (nSPS) is 13.0. The van der Waals surface area contributed by atoms with Crippen LogP contribution in [0.4, 0.5) is 0 Å². The SMILES string of the molecule is CCCCCC(CSCC)OCN(CCCC)CCCC. The lowest BCUT2D eigenvalue weighted by molar-refractivity contribution is -0.0174. The monoisotopic (exact) mass is 317 g/mol. The Morgan fingerprint density at radius 2 is 1.48 bits per heavy atom. The first-order valence-corrected chi connectivity index (χ1v) is 10.4. The van der Waals surface area contributed by atoms with E-state index >= 15 is 0 Å². The van der Waals surface area contributed by atoms with Gasteiger partial charge in [-0.25, -0.2) is 0 Å². The lowest BCUT2D eigenvalue weighted by atomic mass is 10.1. The molecular formula is C18H39NOS. The van der Waals surface area contributed by atoms with E-state index in [4.69, 9.17) is 4.74 Å². The Hall–Kier alpha value is 0.270. The van der Waals surface area contributed by atoms with E-state index in [1.54, 1.807) is 0 Å². The van der Waals surface area contributed by atoms with E-state index in [9.17, 15) is 0 Å². The summed E-state index contributed by atoms with van der Waals surface area (Å²) in [5.41, 5.74) is 0. The van der Waals surface area contributed by atoms with Gasteiger partial charge in [0, 0.05) is 18.8 Å². The summed E-state index contributed by atoms with van der Waals surface area (Å²) < 4.78 is 6.25. The zero-order chi connectivity index (χ0) is 15.8. The maximum absolute atomic E-state index is 6.25. The topological polar surface area (TPSA) is 12.5 Å². The van der Waals surface area contributed by atoms with Crippen LogP contribution in [-0.4, -0.2) is 42.3 Å². The molecule has 1 atom stereocenters. The Balaban J connectivity index is 4.08. The Labute approximate surface area is 138 Å². The van der Waals surface area contributed by atoms with Gasteiger partial charge in [0.25, 0.3) is 0 Å². The minimum absolute atomic E-state index is 0.451. The fourth-order valence-corrected chi connectivity index (χ4v) is 3.06. The smallest absolute Gasteiger partial charge is 0.0994 e. The first-order chi connectivity index (χ1) is 10.3. The molecule has 0 heterocycles. The Morgan fingerprint density at radius 3 is 2.00 bits per heavy atom. The van der Waals surface area contributed by atoms with Crippen molar-refractivity contribution in [2.45, 2.75) is 85.2 Å². The molecule has 0 aromatic heterocycles. The third kappa shape index (κ3) is 13.6. The van der Waals surface area contributed by atoms with Crippen molar-refractivity contribution in [1.82, 2.24) is 4.90 Å². The van der Waals surface area contributed by atoms with E-state index in [2.05, 4.69) is 32.6 Å². The average Bonchev–Trinajstić information content (AvgIpc) is 2.51. The fraction of sp³-hybridized carbons (Fsp3) is 1.00. The van der Waals surface area contributed by atoms with Crippen molar-refractivity contribution < 1.29 is 4.74 Å². The first kappa shape index (κ1) is 21.3. The van der Waals surface area contributed by atoms with E-state index in [0.717, 1.165) is 12.5 Å². The maximum Gasteiger partial charge on any atom is 0.0994 e. The molecule has 0 rings (SSSR count). The van der Waals surface area contributed by atoms with Crippen molar-refractivity contribution in [2.75, 3.05) is 31.3 Å². The van der Waals surface area contributed by atoms with Gasteiger partial charge < -0.3 is 4.74 Å². The highest BCUT2D eigenvalue weighted by atomic mass is 32.2. The van der Waals surface area contributed by atoms with Crippen molar-refractivity contribution in [2.24, 2.45) is 0 Å². The van der Waals surface area contributed by atoms with Gasteiger partial charge in [-0.1, -0.05) is 59.8 Å². The van der Waals surface area contributed by atoms with Gasteiger partial charge in [-0.3, -0.25) is 4.90 Å². The third-order valence-corrected chi connectivity index (χ3v) is 4.80. The quantitative estimate of drug-likeness (QED) is 0.273. The Kier molecular flexibility index (Phi) is 16.9. The highest BCUT2D eigenvalue weighted by molar-refractivity contribution is 7.99. The molecule has 0 saturated heterocycles. The molecule has 0 aromatic carbocycles. The van der Waals surface area contributed by atoms with E-state index in [1.807, 2.05) is 11.8 Å². The molecule has 0 aliphatic heterocycles. The minimum atomic E-state index is 0.451. The number of ether oxygens (including phenoxy) is 1. The van der Waals surface area contributed by atoms with Crippen LogP contribution in [-0.2, 0) is 4.74 Å². The summed E-state index contributed by atoms with van der Waals surface area (Å²) in [6, 6.07) is 0. The molecule has 0 radical (unpaired) electrons. The summed E-state index contributed by atoms with van der Waals surface area (Å²) in [4.78, 5) is 2.51. The first-order valence-electron chi connectivity index (χ1n) is 9.20. The molecule has 0 amide bonds. The van der Waals surface area contributed by atoms with Crippen LogP contribution in [0.1, 0.15) is 79.1 Å². The van der Waals surface area contributed by atoms with Crippen LogP contribution in [0.3, 0.4) is 0 Å². The zero-order valence-corrected chi connectivity index (χ0v) is 15.8. The number of nitrogens with zero attached hydrogens (tertiary/aromatic N) is 1. The van der Waals surface area contributed by atoms with Crippen LogP contribution in [0.5, 0.6) is 0 Å². The summed E-state index contributed by atoms with van der Waals surface area (Å²) in [7, 11) is 0. The van der Waals surface area contributed by atoms with Crippen molar-refractivity contribution in [1.29, 1.82) is 0 Å².